The Bertz CT molecular complexity index is 818. The minimum absolute atomic E-state index is 0.147. The highest BCUT2D eigenvalue weighted by Gasteiger charge is 2.29. The Morgan fingerprint density at radius 2 is 2.00 bits per heavy atom. The number of likely N-dealkylation sites (tertiary alicyclic amines) is 1. The van der Waals surface area contributed by atoms with Crippen LogP contribution in [0.4, 0.5) is 4.79 Å². The van der Waals surface area contributed by atoms with Crippen molar-refractivity contribution in [2.24, 2.45) is 5.92 Å². The van der Waals surface area contributed by atoms with Gasteiger partial charge in [0.15, 0.2) is 0 Å². The van der Waals surface area contributed by atoms with Gasteiger partial charge in [-0.15, -0.1) is 0 Å². The van der Waals surface area contributed by atoms with Gasteiger partial charge in [-0.25, -0.2) is 4.79 Å². The zero-order chi connectivity index (χ0) is 19.4. The van der Waals surface area contributed by atoms with Crippen molar-refractivity contribution in [2.75, 3.05) is 13.1 Å². The van der Waals surface area contributed by atoms with Crippen LogP contribution in [0.2, 0.25) is 0 Å². The lowest BCUT2D eigenvalue weighted by Gasteiger charge is -2.34. The van der Waals surface area contributed by atoms with Gasteiger partial charge in [0, 0.05) is 24.7 Å². The number of fused-ring (bicyclic) bond motifs is 1. The number of aliphatic hydroxyl groups is 1. The molecule has 1 aromatic carbocycles. The van der Waals surface area contributed by atoms with Crippen LogP contribution in [-0.4, -0.2) is 45.9 Å². The molecular formula is C22H28N2O3. The lowest BCUT2D eigenvalue weighted by Crippen LogP contribution is -2.43. The molecular weight excluding hydrogens is 340 g/mol. The standard InChI is InChI=1S/C22H28N2O3/c1-22(2,3)27-21(26)24-12-10-17(11-13-24)20(25)9-8-16-14-18-6-4-5-7-19(18)23-15-16/h4-9,14-15,17,20,25H,10-13H2,1-3H3. The van der Waals surface area contributed by atoms with Crippen molar-refractivity contribution in [1.82, 2.24) is 9.88 Å². The second-order valence-electron chi connectivity index (χ2n) is 8.12. The van der Waals surface area contributed by atoms with Crippen LogP contribution in [-0.2, 0) is 4.74 Å². The van der Waals surface area contributed by atoms with Crippen molar-refractivity contribution >= 4 is 23.1 Å². The summed E-state index contributed by atoms with van der Waals surface area (Å²) < 4.78 is 5.42. The molecule has 1 amide bonds. The van der Waals surface area contributed by atoms with E-state index in [1.54, 1.807) is 4.90 Å². The molecule has 5 nitrogen and oxygen atoms in total. The molecule has 0 bridgehead atoms. The van der Waals surface area contributed by atoms with Crippen molar-refractivity contribution in [3.05, 3.63) is 48.2 Å². The summed E-state index contributed by atoms with van der Waals surface area (Å²) in [5, 5.41) is 11.6. The van der Waals surface area contributed by atoms with E-state index in [9.17, 15) is 9.90 Å². The highest BCUT2D eigenvalue weighted by molar-refractivity contribution is 5.80. The zero-order valence-electron chi connectivity index (χ0n) is 16.3. The van der Waals surface area contributed by atoms with E-state index in [-0.39, 0.29) is 12.0 Å². The lowest BCUT2D eigenvalue weighted by atomic mass is 9.91. The Morgan fingerprint density at radius 3 is 2.70 bits per heavy atom. The maximum atomic E-state index is 12.1. The van der Waals surface area contributed by atoms with Crippen LogP contribution in [0.3, 0.4) is 0 Å². The monoisotopic (exact) mass is 368 g/mol. The number of carbonyl (C=O) groups is 1. The summed E-state index contributed by atoms with van der Waals surface area (Å²) in [6.45, 7) is 6.83. The number of pyridine rings is 1. The third-order valence-electron chi connectivity index (χ3n) is 4.77. The predicted molar refractivity (Wildman–Crippen MR) is 107 cm³/mol. The molecule has 2 aromatic rings. The molecule has 27 heavy (non-hydrogen) atoms. The maximum absolute atomic E-state index is 12.1. The summed E-state index contributed by atoms with van der Waals surface area (Å²) in [5.74, 6) is 0.147. The topological polar surface area (TPSA) is 62.7 Å². The molecule has 3 rings (SSSR count). The van der Waals surface area contributed by atoms with E-state index < -0.39 is 11.7 Å². The Kier molecular flexibility index (Phi) is 5.80. The van der Waals surface area contributed by atoms with Crippen molar-refractivity contribution in [2.45, 2.75) is 45.3 Å². The van der Waals surface area contributed by atoms with E-state index in [0.29, 0.717) is 13.1 Å². The van der Waals surface area contributed by atoms with Gasteiger partial charge in [-0.1, -0.05) is 30.4 Å². The van der Waals surface area contributed by atoms with E-state index in [4.69, 9.17) is 4.74 Å². The van der Waals surface area contributed by atoms with Gasteiger partial charge in [0.25, 0.3) is 0 Å². The van der Waals surface area contributed by atoms with Crippen LogP contribution in [0, 0.1) is 5.92 Å². The molecule has 0 aliphatic carbocycles. The largest absolute Gasteiger partial charge is 0.444 e. The molecule has 1 aromatic heterocycles. The van der Waals surface area contributed by atoms with Crippen LogP contribution in [0.1, 0.15) is 39.2 Å². The summed E-state index contributed by atoms with van der Waals surface area (Å²) in [4.78, 5) is 18.3. The molecule has 0 radical (unpaired) electrons. The summed E-state index contributed by atoms with van der Waals surface area (Å²) in [6, 6.07) is 10.0. The first-order valence-corrected chi connectivity index (χ1v) is 9.51. The van der Waals surface area contributed by atoms with Crippen LogP contribution in [0.5, 0.6) is 0 Å². The summed E-state index contributed by atoms with van der Waals surface area (Å²) >= 11 is 0. The zero-order valence-corrected chi connectivity index (χ0v) is 16.3. The highest BCUT2D eigenvalue weighted by Crippen LogP contribution is 2.24. The molecule has 1 aliphatic heterocycles. The Labute approximate surface area is 160 Å². The average Bonchev–Trinajstić information content (AvgIpc) is 2.64. The number of hydrogen-bond acceptors (Lipinski definition) is 4. The van der Waals surface area contributed by atoms with E-state index in [1.807, 2.05) is 63.4 Å². The van der Waals surface area contributed by atoms with Gasteiger partial charge < -0.3 is 14.7 Å². The highest BCUT2D eigenvalue weighted by atomic mass is 16.6. The number of para-hydroxylation sites is 1. The van der Waals surface area contributed by atoms with Crippen molar-refractivity contribution in [1.29, 1.82) is 0 Å². The first-order chi connectivity index (χ1) is 12.8. The fourth-order valence-corrected chi connectivity index (χ4v) is 3.30. The molecule has 144 valence electrons. The van der Waals surface area contributed by atoms with E-state index >= 15 is 0 Å². The Hall–Kier alpha value is -2.40. The molecule has 0 saturated carbocycles. The SMILES string of the molecule is CC(C)(C)OC(=O)N1CCC(C(O)C=Cc2cnc3ccccc3c2)CC1. The smallest absolute Gasteiger partial charge is 0.410 e. The number of benzene rings is 1. The molecule has 1 unspecified atom stereocenters. The second-order valence-corrected chi connectivity index (χ2v) is 8.12. The number of ether oxygens (including phenoxy) is 1. The number of aromatic nitrogens is 1. The van der Waals surface area contributed by atoms with E-state index in [2.05, 4.69) is 11.1 Å². The van der Waals surface area contributed by atoms with Crippen molar-refractivity contribution in [3.63, 3.8) is 0 Å². The molecule has 1 aliphatic rings. The number of hydrogen-bond donors (Lipinski definition) is 1. The molecule has 1 fully saturated rings. The average molecular weight is 368 g/mol. The third-order valence-corrected chi connectivity index (χ3v) is 4.77. The van der Waals surface area contributed by atoms with E-state index in [1.165, 1.54) is 0 Å². The van der Waals surface area contributed by atoms with Crippen LogP contribution in [0.25, 0.3) is 17.0 Å². The van der Waals surface area contributed by atoms with Crippen molar-refractivity contribution in [3.8, 4) is 0 Å². The minimum atomic E-state index is -0.530. The molecule has 1 saturated heterocycles. The summed E-state index contributed by atoms with van der Waals surface area (Å²) in [7, 11) is 0. The third kappa shape index (κ3) is 5.30. The lowest BCUT2D eigenvalue weighted by molar-refractivity contribution is 0.0123. The van der Waals surface area contributed by atoms with Crippen LogP contribution in [0.15, 0.2) is 42.6 Å². The molecule has 5 heteroatoms. The first kappa shape index (κ1) is 19.4. The molecule has 1 atom stereocenters. The van der Waals surface area contributed by atoms with Gasteiger partial charge in [0.2, 0.25) is 0 Å². The fourth-order valence-electron chi connectivity index (χ4n) is 3.30. The summed E-state index contributed by atoms with van der Waals surface area (Å²) in [5.41, 5.74) is 1.45. The normalized spacial score (nSPS) is 17.4. The van der Waals surface area contributed by atoms with Gasteiger partial charge in [-0.3, -0.25) is 4.98 Å². The Balaban J connectivity index is 1.55. The predicted octanol–water partition coefficient (Wildman–Crippen LogP) is 4.26. The van der Waals surface area contributed by atoms with Crippen molar-refractivity contribution < 1.29 is 14.6 Å². The maximum Gasteiger partial charge on any atom is 0.410 e. The fraction of sp³-hybridized carbons (Fsp3) is 0.455. The number of carbonyl (C=O) groups excluding carboxylic acids is 1. The van der Waals surface area contributed by atoms with Gasteiger partial charge in [-0.2, -0.15) is 0 Å². The van der Waals surface area contributed by atoms with E-state index in [0.717, 1.165) is 29.3 Å². The number of amides is 1. The molecule has 2 heterocycles. The number of rotatable bonds is 3. The van der Waals surface area contributed by atoms with Crippen LogP contribution < -0.4 is 0 Å². The van der Waals surface area contributed by atoms with Gasteiger partial charge in [0.05, 0.1) is 11.6 Å². The number of aliphatic hydroxyl groups excluding tert-OH is 1. The summed E-state index contributed by atoms with van der Waals surface area (Å²) in [6.07, 6.45) is 6.30. The molecule has 0 spiro atoms. The quantitative estimate of drug-likeness (QED) is 0.879. The van der Waals surface area contributed by atoms with Gasteiger partial charge in [-0.05, 0) is 57.2 Å². The second kappa shape index (κ2) is 8.09. The van der Waals surface area contributed by atoms with Crippen LogP contribution >= 0.6 is 0 Å². The number of piperidine rings is 1. The first-order valence-electron chi connectivity index (χ1n) is 9.51. The molecule has 1 N–H and O–H groups in total. The van der Waals surface area contributed by atoms with Gasteiger partial charge >= 0.3 is 6.09 Å². The Morgan fingerprint density at radius 1 is 1.30 bits per heavy atom. The number of nitrogens with zero attached hydrogens (tertiary/aromatic N) is 2. The minimum Gasteiger partial charge on any atom is -0.444 e. The van der Waals surface area contributed by atoms with Gasteiger partial charge in [0.1, 0.15) is 5.60 Å².